The lowest BCUT2D eigenvalue weighted by molar-refractivity contribution is 0.142. The molecule has 1 aliphatic heterocycles. The standard InChI is InChI=1S/C13H26N2/c1-10-8-15(6-5-12(10)14-4)9-11-7-13(11,2)3/h10-12,14H,5-9H2,1-4H3. The molecule has 1 saturated heterocycles. The molecule has 2 heteroatoms. The van der Waals surface area contributed by atoms with Crippen LogP contribution in [0.15, 0.2) is 0 Å². The van der Waals surface area contributed by atoms with E-state index in [2.05, 4.69) is 38.0 Å². The minimum Gasteiger partial charge on any atom is -0.317 e. The van der Waals surface area contributed by atoms with Crippen molar-refractivity contribution in [2.75, 3.05) is 26.7 Å². The fraction of sp³-hybridized carbons (Fsp3) is 1.00. The lowest BCUT2D eigenvalue weighted by Crippen LogP contribution is -2.47. The highest BCUT2D eigenvalue weighted by Gasteiger charge is 2.46. The highest BCUT2D eigenvalue weighted by molar-refractivity contribution is 4.97. The van der Waals surface area contributed by atoms with Gasteiger partial charge in [-0.2, -0.15) is 0 Å². The molecule has 2 fully saturated rings. The molecule has 0 aromatic rings. The molecule has 15 heavy (non-hydrogen) atoms. The quantitative estimate of drug-likeness (QED) is 0.766. The molecular formula is C13H26N2. The van der Waals surface area contributed by atoms with Gasteiger partial charge in [0.25, 0.3) is 0 Å². The predicted octanol–water partition coefficient (Wildman–Crippen LogP) is 1.96. The number of piperidine rings is 1. The first-order chi connectivity index (χ1) is 7.03. The molecule has 2 aliphatic rings. The molecule has 0 radical (unpaired) electrons. The van der Waals surface area contributed by atoms with Crippen LogP contribution in [-0.2, 0) is 0 Å². The zero-order chi connectivity index (χ0) is 11.1. The predicted molar refractivity (Wildman–Crippen MR) is 65.0 cm³/mol. The van der Waals surface area contributed by atoms with Gasteiger partial charge in [0, 0.05) is 19.1 Å². The highest BCUT2D eigenvalue weighted by Crippen LogP contribution is 2.51. The SMILES string of the molecule is CNC1CCN(CC2CC2(C)C)CC1C. The van der Waals surface area contributed by atoms with Gasteiger partial charge in [-0.3, -0.25) is 0 Å². The summed E-state index contributed by atoms with van der Waals surface area (Å²) in [5, 5.41) is 3.43. The van der Waals surface area contributed by atoms with Gasteiger partial charge >= 0.3 is 0 Å². The van der Waals surface area contributed by atoms with Crippen molar-refractivity contribution >= 4 is 0 Å². The maximum absolute atomic E-state index is 3.43. The number of rotatable bonds is 3. The lowest BCUT2D eigenvalue weighted by Gasteiger charge is -2.37. The van der Waals surface area contributed by atoms with Crippen molar-refractivity contribution in [2.45, 2.75) is 39.7 Å². The second kappa shape index (κ2) is 4.06. The number of hydrogen-bond acceptors (Lipinski definition) is 2. The molecule has 1 aliphatic carbocycles. The summed E-state index contributed by atoms with van der Waals surface area (Å²) in [6.07, 6.45) is 2.76. The molecule has 0 aromatic carbocycles. The van der Waals surface area contributed by atoms with Gasteiger partial charge < -0.3 is 10.2 Å². The van der Waals surface area contributed by atoms with Crippen LogP contribution in [0.25, 0.3) is 0 Å². The lowest BCUT2D eigenvalue weighted by atomic mass is 9.93. The summed E-state index contributed by atoms with van der Waals surface area (Å²) in [5.74, 6) is 1.78. The van der Waals surface area contributed by atoms with Crippen LogP contribution in [0.1, 0.15) is 33.6 Å². The third kappa shape index (κ3) is 2.54. The molecule has 3 unspecified atom stereocenters. The zero-order valence-corrected chi connectivity index (χ0v) is 10.7. The van der Waals surface area contributed by atoms with Crippen LogP contribution < -0.4 is 5.32 Å². The Kier molecular flexibility index (Phi) is 3.09. The maximum Gasteiger partial charge on any atom is 0.0114 e. The Labute approximate surface area is 94.4 Å². The smallest absolute Gasteiger partial charge is 0.0114 e. The molecule has 88 valence electrons. The number of nitrogens with one attached hydrogen (secondary N) is 1. The Morgan fingerprint density at radius 1 is 1.40 bits per heavy atom. The summed E-state index contributed by atoms with van der Waals surface area (Å²) >= 11 is 0. The Bertz CT molecular complexity index is 225. The summed E-state index contributed by atoms with van der Waals surface area (Å²) in [6.45, 7) is 11.1. The van der Waals surface area contributed by atoms with Crippen LogP contribution >= 0.6 is 0 Å². The third-order valence-electron chi connectivity index (χ3n) is 4.56. The van der Waals surface area contributed by atoms with Crippen LogP contribution in [0.5, 0.6) is 0 Å². The van der Waals surface area contributed by atoms with Gasteiger partial charge in [-0.25, -0.2) is 0 Å². The molecule has 3 atom stereocenters. The molecule has 0 amide bonds. The van der Waals surface area contributed by atoms with Crippen molar-refractivity contribution in [2.24, 2.45) is 17.3 Å². The molecule has 0 bridgehead atoms. The molecule has 0 aromatic heterocycles. The molecule has 1 saturated carbocycles. The molecule has 1 N–H and O–H groups in total. The van der Waals surface area contributed by atoms with Gasteiger partial charge in [0.05, 0.1) is 0 Å². The van der Waals surface area contributed by atoms with Gasteiger partial charge in [-0.1, -0.05) is 20.8 Å². The number of hydrogen-bond donors (Lipinski definition) is 1. The number of likely N-dealkylation sites (tertiary alicyclic amines) is 1. The van der Waals surface area contributed by atoms with Crippen molar-refractivity contribution in [1.29, 1.82) is 0 Å². The van der Waals surface area contributed by atoms with E-state index in [4.69, 9.17) is 0 Å². The Balaban J connectivity index is 1.77. The molecule has 2 rings (SSSR count). The van der Waals surface area contributed by atoms with E-state index < -0.39 is 0 Å². The Morgan fingerprint density at radius 2 is 2.07 bits per heavy atom. The van der Waals surface area contributed by atoms with E-state index in [-0.39, 0.29) is 0 Å². The van der Waals surface area contributed by atoms with Crippen molar-refractivity contribution in [3.05, 3.63) is 0 Å². The second-order valence-electron chi connectivity index (χ2n) is 6.31. The maximum atomic E-state index is 3.43. The van der Waals surface area contributed by atoms with Crippen LogP contribution in [0, 0.1) is 17.3 Å². The summed E-state index contributed by atoms with van der Waals surface area (Å²) in [5.41, 5.74) is 0.642. The van der Waals surface area contributed by atoms with E-state index in [0.29, 0.717) is 5.41 Å². The van der Waals surface area contributed by atoms with Crippen LogP contribution in [0.3, 0.4) is 0 Å². The number of nitrogens with zero attached hydrogens (tertiary/aromatic N) is 1. The van der Waals surface area contributed by atoms with Gasteiger partial charge in [-0.05, 0) is 43.7 Å². The Hall–Kier alpha value is -0.0800. The van der Waals surface area contributed by atoms with Crippen LogP contribution in [-0.4, -0.2) is 37.6 Å². The first kappa shape index (κ1) is 11.4. The van der Waals surface area contributed by atoms with Crippen LogP contribution in [0.4, 0.5) is 0 Å². The van der Waals surface area contributed by atoms with Gasteiger partial charge in [0.2, 0.25) is 0 Å². The van der Waals surface area contributed by atoms with E-state index in [1.807, 2.05) is 0 Å². The summed E-state index contributed by atoms with van der Waals surface area (Å²) in [4.78, 5) is 2.68. The zero-order valence-electron chi connectivity index (χ0n) is 10.7. The largest absolute Gasteiger partial charge is 0.317 e. The van der Waals surface area contributed by atoms with Crippen LogP contribution in [0.2, 0.25) is 0 Å². The third-order valence-corrected chi connectivity index (χ3v) is 4.56. The first-order valence-corrected chi connectivity index (χ1v) is 6.42. The summed E-state index contributed by atoms with van der Waals surface area (Å²) in [7, 11) is 2.10. The van der Waals surface area contributed by atoms with E-state index in [1.54, 1.807) is 0 Å². The van der Waals surface area contributed by atoms with E-state index in [1.165, 1.54) is 32.5 Å². The van der Waals surface area contributed by atoms with Gasteiger partial charge in [0.1, 0.15) is 0 Å². The minimum atomic E-state index is 0.642. The van der Waals surface area contributed by atoms with Gasteiger partial charge in [-0.15, -0.1) is 0 Å². The van der Waals surface area contributed by atoms with Crippen molar-refractivity contribution < 1.29 is 0 Å². The summed E-state index contributed by atoms with van der Waals surface area (Å²) < 4.78 is 0. The van der Waals surface area contributed by atoms with Crippen molar-refractivity contribution in [1.82, 2.24) is 10.2 Å². The van der Waals surface area contributed by atoms with E-state index >= 15 is 0 Å². The van der Waals surface area contributed by atoms with E-state index in [0.717, 1.165) is 17.9 Å². The average Bonchev–Trinajstić information content (AvgIpc) is 2.74. The van der Waals surface area contributed by atoms with E-state index in [9.17, 15) is 0 Å². The van der Waals surface area contributed by atoms with Crippen molar-refractivity contribution in [3.63, 3.8) is 0 Å². The molecule has 2 nitrogen and oxygen atoms in total. The minimum absolute atomic E-state index is 0.642. The average molecular weight is 210 g/mol. The Morgan fingerprint density at radius 3 is 2.53 bits per heavy atom. The van der Waals surface area contributed by atoms with Crippen molar-refractivity contribution in [3.8, 4) is 0 Å². The highest BCUT2D eigenvalue weighted by atomic mass is 15.2. The molecule has 0 spiro atoms. The molecule has 1 heterocycles. The van der Waals surface area contributed by atoms with Gasteiger partial charge in [0.15, 0.2) is 0 Å². The fourth-order valence-electron chi connectivity index (χ4n) is 3.03. The second-order valence-corrected chi connectivity index (χ2v) is 6.31. The topological polar surface area (TPSA) is 15.3 Å². The molecular weight excluding hydrogens is 184 g/mol. The summed E-state index contributed by atoms with van der Waals surface area (Å²) in [6, 6.07) is 0.744. The first-order valence-electron chi connectivity index (χ1n) is 6.42. The normalized spacial score (nSPS) is 40.4. The fourth-order valence-corrected chi connectivity index (χ4v) is 3.03. The monoisotopic (exact) mass is 210 g/mol.